The minimum Gasteiger partial charge on any atom is -0.392 e. The zero-order valence-electron chi connectivity index (χ0n) is 12.0. The van der Waals surface area contributed by atoms with Crippen LogP contribution in [0.1, 0.15) is 50.5 Å². The summed E-state index contributed by atoms with van der Waals surface area (Å²) in [5.41, 5.74) is 1.80. The van der Waals surface area contributed by atoms with Crippen molar-refractivity contribution in [3.05, 3.63) is 35.7 Å². The average molecular weight is 274 g/mol. The lowest BCUT2D eigenvalue weighted by atomic mass is 10.1. The Morgan fingerprint density at radius 3 is 2.50 bits per heavy atom. The molecule has 20 heavy (non-hydrogen) atoms. The molecule has 0 aliphatic carbocycles. The number of rotatable bonds is 8. The first-order valence-electron chi connectivity index (χ1n) is 7.36. The number of unbranched alkanes of at least 4 members (excludes halogenated alkanes) is 4. The normalized spacial score (nSPS) is 10.9. The van der Waals surface area contributed by atoms with Crippen LogP contribution in [0.2, 0.25) is 0 Å². The number of nitrogens with zero attached hydrogens (tertiary/aromatic N) is 2. The van der Waals surface area contributed by atoms with Crippen molar-refractivity contribution in [1.29, 1.82) is 0 Å². The van der Waals surface area contributed by atoms with E-state index in [1.165, 1.54) is 25.7 Å². The Labute approximate surface area is 119 Å². The van der Waals surface area contributed by atoms with Gasteiger partial charge in [-0.3, -0.25) is 0 Å². The highest BCUT2D eigenvalue weighted by Gasteiger charge is 2.08. The number of hydrogen-bond acceptors (Lipinski definition) is 4. The highest BCUT2D eigenvalue weighted by atomic mass is 16.5. The first-order valence-corrected chi connectivity index (χ1v) is 7.36. The Bertz CT molecular complexity index is 505. The summed E-state index contributed by atoms with van der Waals surface area (Å²) in [7, 11) is 0. The summed E-state index contributed by atoms with van der Waals surface area (Å²) in [6.45, 7) is 2.27. The van der Waals surface area contributed by atoms with Crippen LogP contribution in [-0.2, 0) is 13.0 Å². The van der Waals surface area contributed by atoms with Crippen molar-refractivity contribution in [2.24, 2.45) is 0 Å². The van der Waals surface area contributed by atoms with Crippen LogP contribution in [0.3, 0.4) is 0 Å². The van der Waals surface area contributed by atoms with Gasteiger partial charge in [0.15, 0.2) is 0 Å². The molecule has 0 atom stereocenters. The molecule has 2 aromatic rings. The Kier molecular flexibility index (Phi) is 5.74. The SMILES string of the molecule is CCCCCCCc1nc(-c2ccc(CO)cc2)no1. The fourth-order valence-corrected chi connectivity index (χ4v) is 2.11. The second-order valence-electron chi connectivity index (χ2n) is 5.03. The van der Waals surface area contributed by atoms with Crippen LogP contribution in [0.5, 0.6) is 0 Å². The highest BCUT2D eigenvalue weighted by Crippen LogP contribution is 2.17. The van der Waals surface area contributed by atoms with E-state index in [9.17, 15) is 0 Å². The summed E-state index contributed by atoms with van der Waals surface area (Å²) >= 11 is 0. The molecule has 0 unspecified atom stereocenters. The molecule has 0 fully saturated rings. The van der Waals surface area contributed by atoms with Crippen LogP contribution in [0, 0.1) is 0 Å². The summed E-state index contributed by atoms with van der Waals surface area (Å²) in [6.07, 6.45) is 7.01. The Balaban J connectivity index is 1.87. The second kappa shape index (κ2) is 7.80. The Hall–Kier alpha value is -1.68. The lowest BCUT2D eigenvalue weighted by Crippen LogP contribution is -1.87. The molecule has 0 spiro atoms. The van der Waals surface area contributed by atoms with E-state index < -0.39 is 0 Å². The van der Waals surface area contributed by atoms with E-state index in [0.29, 0.717) is 11.7 Å². The molecule has 0 aliphatic rings. The molecule has 4 nitrogen and oxygen atoms in total. The third-order valence-corrected chi connectivity index (χ3v) is 3.36. The van der Waals surface area contributed by atoms with Gasteiger partial charge >= 0.3 is 0 Å². The number of hydrogen-bond donors (Lipinski definition) is 1. The van der Waals surface area contributed by atoms with Gasteiger partial charge in [0.05, 0.1) is 6.61 Å². The summed E-state index contributed by atoms with van der Waals surface area (Å²) in [4.78, 5) is 4.41. The molecule has 4 heteroatoms. The number of benzene rings is 1. The van der Waals surface area contributed by atoms with E-state index in [4.69, 9.17) is 9.63 Å². The molecule has 1 heterocycles. The standard InChI is InChI=1S/C16H22N2O2/c1-2-3-4-5-6-7-15-17-16(18-20-15)14-10-8-13(12-19)9-11-14/h8-11,19H,2-7,12H2,1H3. The van der Waals surface area contributed by atoms with Gasteiger partial charge in [-0.15, -0.1) is 0 Å². The van der Waals surface area contributed by atoms with E-state index >= 15 is 0 Å². The number of aliphatic hydroxyl groups is 1. The average Bonchev–Trinajstić information content (AvgIpc) is 2.96. The monoisotopic (exact) mass is 274 g/mol. The zero-order valence-corrected chi connectivity index (χ0v) is 12.0. The van der Waals surface area contributed by atoms with Crippen molar-refractivity contribution in [3.8, 4) is 11.4 Å². The number of aliphatic hydroxyl groups excluding tert-OH is 1. The second-order valence-corrected chi connectivity index (χ2v) is 5.03. The van der Waals surface area contributed by atoms with Crippen LogP contribution in [-0.4, -0.2) is 15.2 Å². The number of aromatic nitrogens is 2. The van der Waals surface area contributed by atoms with Gasteiger partial charge in [-0.25, -0.2) is 0 Å². The Morgan fingerprint density at radius 1 is 1.05 bits per heavy atom. The lowest BCUT2D eigenvalue weighted by Gasteiger charge is -1.97. The molecule has 0 bridgehead atoms. The predicted molar refractivity (Wildman–Crippen MR) is 78.1 cm³/mol. The van der Waals surface area contributed by atoms with E-state index in [1.807, 2.05) is 24.3 Å². The van der Waals surface area contributed by atoms with E-state index in [2.05, 4.69) is 17.1 Å². The summed E-state index contributed by atoms with van der Waals surface area (Å²) < 4.78 is 5.27. The molecular formula is C16H22N2O2. The molecule has 2 rings (SSSR count). The molecule has 1 aromatic heterocycles. The smallest absolute Gasteiger partial charge is 0.226 e. The van der Waals surface area contributed by atoms with Gasteiger partial charge < -0.3 is 9.63 Å². The molecule has 0 saturated heterocycles. The van der Waals surface area contributed by atoms with Gasteiger partial charge in [0.25, 0.3) is 0 Å². The summed E-state index contributed by atoms with van der Waals surface area (Å²) in [5, 5.41) is 13.0. The van der Waals surface area contributed by atoms with E-state index in [-0.39, 0.29) is 6.61 Å². The van der Waals surface area contributed by atoms with Crippen LogP contribution >= 0.6 is 0 Å². The quantitative estimate of drug-likeness (QED) is 0.745. The summed E-state index contributed by atoms with van der Waals surface area (Å²) in [6, 6.07) is 7.55. The third kappa shape index (κ3) is 4.17. The molecule has 0 amide bonds. The van der Waals surface area contributed by atoms with Gasteiger partial charge in [0, 0.05) is 12.0 Å². The van der Waals surface area contributed by atoms with Gasteiger partial charge in [0.1, 0.15) is 0 Å². The van der Waals surface area contributed by atoms with Gasteiger partial charge in [-0.2, -0.15) is 4.98 Å². The molecule has 108 valence electrons. The topological polar surface area (TPSA) is 59.2 Å². The van der Waals surface area contributed by atoms with Gasteiger partial charge in [-0.05, 0) is 12.0 Å². The molecule has 0 radical (unpaired) electrons. The lowest BCUT2D eigenvalue weighted by molar-refractivity contribution is 0.282. The van der Waals surface area contributed by atoms with E-state index in [0.717, 1.165) is 24.0 Å². The maximum Gasteiger partial charge on any atom is 0.226 e. The molecular weight excluding hydrogens is 252 g/mol. The van der Waals surface area contributed by atoms with Crippen LogP contribution in [0.4, 0.5) is 0 Å². The zero-order chi connectivity index (χ0) is 14.2. The van der Waals surface area contributed by atoms with Crippen LogP contribution in [0.25, 0.3) is 11.4 Å². The first-order chi connectivity index (χ1) is 9.83. The minimum absolute atomic E-state index is 0.0511. The number of aryl methyl sites for hydroxylation is 1. The fraction of sp³-hybridized carbons (Fsp3) is 0.500. The Morgan fingerprint density at radius 2 is 1.80 bits per heavy atom. The summed E-state index contributed by atoms with van der Waals surface area (Å²) in [5.74, 6) is 1.33. The van der Waals surface area contributed by atoms with Crippen LogP contribution < -0.4 is 0 Å². The van der Waals surface area contributed by atoms with Crippen molar-refractivity contribution >= 4 is 0 Å². The van der Waals surface area contributed by atoms with Crippen molar-refractivity contribution < 1.29 is 9.63 Å². The minimum atomic E-state index is 0.0511. The van der Waals surface area contributed by atoms with Crippen molar-refractivity contribution in [2.45, 2.75) is 52.1 Å². The fourth-order valence-electron chi connectivity index (χ4n) is 2.11. The van der Waals surface area contributed by atoms with Crippen molar-refractivity contribution in [1.82, 2.24) is 10.1 Å². The van der Waals surface area contributed by atoms with Crippen molar-refractivity contribution in [3.63, 3.8) is 0 Å². The third-order valence-electron chi connectivity index (χ3n) is 3.36. The van der Waals surface area contributed by atoms with Crippen molar-refractivity contribution in [2.75, 3.05) is 0 Å². The first kappa shape index (κ1) is 14.7. The maximum absolute atomic E-state index is 9.01. The molecule has 0 saturated carbocycles. The largest absolute Gasteiger partial charge is 0.392 e. The highest BCUT2D eigenvalue weighted by molar-refractivity contribution is 5.54. The molecule has 1 N–H and O–H groups in total. The molecule has 1 aromatic carbocycles. The predicted octanol–water partition coefficient (Wildman–Crippen LogP) is 3.74. The van der Waals surface area contributed by atoms with Gasteiger partial charge in [-0.1, -0.05) is 62.0 Å². The maximum atomic E-state index is 9.01. The van der Waals surface area contributed by atoms with E-state index in [1.54, 1.807) is 0 Å². The van der Waals surface area contributed by atoms with Gasteiger partial charge in [0.2, 0.25) is 11.7 Å². The molecule has 0 aliphatic heterocycles. The van der Waals surface area contributed by atoms with Crippen LogP contribution in [0.15, 0.2) is 28.8 Å².